The van der Waals surface area contributed by atoms with Crippen molar-refractivity contribution >= 4 is 11.6 Å². The average Bonchev–Trinajstić information content (AvgIpc) is 3.02. The number of allylic oxidation sites excluding steroid dienone is 1. The highest BCUT2D eigenvalue weighted by molar-refractivity contribution is 6.31. The number of benzene rings is 4. The summed E-state index contributed by atoms with van der Waals surface area (Å²) in [6.07, 6.45) is 2.93. The van der Waals surface area contributed by atoms with Gasteiger partial charge in [0.25, 0.3) is 0 Å². The molecule has 5 aromatic carbocycles. The van der Waals surface area contributed by atoms with E-state index in [0.29, 0.717) is 6.54 Å². The second-order valence-electron chi connectivity index (χ2n) is 10.2. The summed E-state index contributed by atoms with van der Waals surface area (Å²) in [6.45, 7) is 7.36. The summed E-state index contributed by atoms with van der Waals surface area (Å²) < 4.78 is 6.36. The minimum absolute atomic E-state index is 0.421. The molecule has 2 nitrogen and oxygen atoms in total. The van der Waals surface area contributed by atoms with Crippen molar-refractivity contribution < 1.29 is 4.74 Å². The van der Waals surface area contributed by atoms with Gasteiger partial charge in [0.05, 0.1) is 5.41 Å². The number of rotatable bonds is 8. The highest BCUT2D eigenvalue weighted by atomic mass is 35.5. The van der Waals surface area contributed by atoms with Gasteiger partial charge in [0.15, 0.2) is 0 Å². The van der Waals surface area contributed by atoms with Crippen LogP contribution in [0, 0.1) is 19.1 Å². The predicted molar refractivity (Wildman–Crippen MR) is 169 cm³/mol. The molecule has 5 aromatic rings. The summed E-state index contributed by atoms with van der Waals surface area (Å²) in [7, 11) is 0. The monoisotopic (exact) mass is 555 g/mol. The molecule has 0 aliphatic carbocycles. The molecule has 1 aliphatic heterocycles. The lowest BCUT2D eigenvalue weighted by atomic mass is 9.67. The molecule has 1 heterocycles. The molecule has 1 aliphatic rings. The first-order valence-electron chi connectivity index (χ1n) is 14.0. The van der Waals surface area contributed by atoms with Crippen molar-refractivity contribution in [2.45, 2.75) is 38.1 Å². The molecule has 0 bridgehead atoms. The number of fused-ring (bicyclic) bond motifs is 2. The van der Waals surface area contributed by atoms with Gasteiger partial charge in [-0.05, 0) is 73.2 Å². The SMILES string of the molecule is C=C(NCc1c(C)cccc1Cl)C1(CCCc2ccccc2)c2ccccc2Oc2ccccc21.c1ccccc#1. The summed E-state index contributed by atoms with van der Waals surface area (Å²) in [6, 6.07) is 46.4. The summed E-state index contributed by atoms with van der Waals surface area (Å²) in [5.41, 5.74) is 6.47. The standard InChI is InChI=1S/C32H30ClNO.C6H4/c1-23-12-10-18-29(33)26(23)22-34-24(2)32(21-11-15-25-13-4-3-5-14-25)27-16-6-8-19-30(27)35-31-20-9-7-17-28(31)32;1-2-4-6-5-3-1/h3-10,12-14,16-20,34H,2,11,15,21-22H2,1H3;1-4H. The zero-order valence-corrected chi connectivity index (χ0v) is 24.1. The number of ether oxygens (including phenoxy) is 1. The number of nitrogens with one attached hydrogen (secondary N) is 1. The molecule has 0 atom stereocenters. The van der Waals surface area contributed by atoms with Crippen LogP contribution in [-0.4, -0.2) is 0 Å². The minimum Gasteiger partial charge on any atom is -0.457 e. The van der Waals surface area contributed by atoms with Crippen LogP contribution in [0.4, 0.5) is 0 Å². The Morgan fingerprint density at radius 1 is 0.780 bits per heavy atom. The fraction of sp³-hybridized carbons (Fsp3) is 0.158. The van der Waals surface area contributed by atoms with Crippen LogP contribution in [0.3, 0.4) is 0 Å². The summed E-state index contributed by atoms with van der Waals surface area (Å²) in [5.74, 6) is 1.78. The molecule has 0 amide bonds. The molecule has 3 heteroatoms. The zero-order chi connectivity index (χ0) is 28.5. The fourth-order valence-electron chi connectivity index (χ4n) is 5.57. The smallest absolute Gasteiger partial charge is 0.131 e. The Balaban J connectivity index is 0.000000500. The van der Waals surface area contributed by atoms with Crippen molar-refractivity contribution in [3.05, 3.63) is 179 Å². The molecule has 0 unspecified atom stereocenters. The van der Waals surface area contributed by atoms with Gasteiger partial charge in [-0.2, -0.15) is 0 Å². The second-order valence-corrected chi connectivity index (χ2v) is 10.6. The van der Waals surface area contributed by atoms with Gasteiger partial charge >= 0.3 is 0 Å². The van der Waals surface area contributed by atoms with Crippen LogP contribution < -0.4 is 10.1 Å². The Morgan fingerprint density at radius 2 is 1.39 bits per heavy atom. The number of hydrogen-bond donors (Lipinski definition) is 1. The quantitative estimate of drug-likeness (QED) is 0.206. The van der Waals surface area contributed by atoms with Gasteiger partial charge in [0, 0.05) is 28.4 Å². The van der Waals surface area contributed by atoms with Crippen molar-refractivity contribution in [2.24, 2.45) is 0 Å². The normalized spacial score (nSPS) is 12.3. The van der Waals surface area contributed by atoms with Crippen molar-refractivity contribution in [1.29, 1.82) is 0 Å². The number of hydrogen-bond acceptors (Lipinski definition) is 2. The molecule has 1 N–H and O–H groups in total. The van der Waals surface area contributed by atoms with Crippen LogP contribution in [-0.2, 0) is 18.4 Å². The van der Waals surface area contributed by atoms with Crippen LogP contribution in [0.5, 0.6) is 11.5 Å². The van der Waals surface area contributed by atoms with Crippen molar-refractivity contribution in [3.8, 4) is 11.5 Å². The van der Waals surface area contributed by atoms with E-state index < -0.39 is 5.41 Å². The van der Waals surface area contributed by atoms with Crippen LogP contribution in [0.25, 0.3) is 0 Å². The molecule has 41 heavy (non-hydrogen) atoms. The topological polar surface area (TPSA) is 21.3 Å². The Bertz CT molecular complexity index is 1490. The van der Waals surface area contributed by atoms with Crippen LogP contribution >= 0.6 is 11.6 Å². The largest absolute Gasteiger partial charge is 0.457 e. The Hall–Kier alpha value is -4.45. The van der Waals surface area contributed by atoms with E-state index >= 15 is 0 Å². The molecule has 0 aromatic heterocycles. The third-order valence-corrected chi connectivity index (χ3v) is 8.03. The number of aryl methyl sites for hydroxylation is 2. The van der Waals surface area contributed by atoms with E-state index in [0.717, 1.165) is 58.2 Å². The maximum Gasteiger partial charge on any atom is 0.131 e. The number of para-hydroxylation sites is 2. The maximum atomic E-state index is 6.56. The van der Waals surface area contributed by atoms with Crippen molar-refractivity contribution in [1.82, 2.24) is 5.32 Å². The van der Waals surface area contributed by atoms with E-state index in [9.17, 15) is 0 Å². The predicted octanol–water partition coefficient (Wildman–Crippen LogP) is 9.65. The van der Waals surface area contributed by atoms with E-state index in [1.165, 1.54) is 11.1 Å². The lowest BCUT2D eigenvalue weighted by Gasteiger charge is -2.42. The summed E-state index contributed by atoms with van der Waals surface area (Å²) in [4.78, 5) is 0. The molecule has 0 saturated carbocycles. The molecule has 0 saturated heterocycles. The van der Waals surface area contributed by atoms with Gasteiger partial charge in [-0.1, -0.05) is 121 Å². The third-order valence-electron chi connectivity index (χ3n) is 7.67. The molecule has 6 rings (SSSR count). The van der Waals surface area contributed by atoms with Gasteiger partial charge < -0.3 is 10.1 Å². The van der Waals surface area contributed by atoms with Gasteiger partial charge in [0.2, 0.25) is 0 Å². The Labute approximate surface area is 249 Å². The average molecular weight is 556 g/mol. The van der Waals surface area contributed by atoms with E-state index in [-0.39, 0.29) is 0 Å². The van der Waals surface area contributed by atoms with Crippen LogP contribution in [0.2, 0.25) is 5.02 Å². The first-order valence-corrected chi connectivity index (χ1v) is 14.4. The van der Waals surface area contributed by atoms with E-state index in [1.54, 1.807) is 0 Å². The molecule has 0 spiro atoms. The van der Waals surface area contributed by atoms with Crippen molar-refractivity contribution in [2.75, 3.05) is 0 Å². The van der Waals surface area contributed by atoms with Crippen LogP contribution in [0.1, 0.15) is 40.7 Å². The Kier molecular flexibility index (Phi) is 9.09. The highest BCUT2D eigenvalue weighted by Gasteiger charge is 2.44. The van der Waals surface area contributed by atoms with Gasteiger partial charge in [-0.3, -0.25) is 0 Å². The third kappa shape index (κ3) is 6.32. The molecule has 0 radical (unpaired) electrons. The second kappa shape index (κ2) is 13.3. The van der Waals surface area contributed by atoms with E-state index in [4.69, 9.17) is 16.3 Å². The van der Waals surface area contributed by atoms with Gasteiger partial charge in [-0.15, -0.1) is 0 Å². The van der Waals surface area contributed by atoms with E-state index in [1.807, 2.05) is 48.5 Å². The lowest BCUT2D eigenvalue weighted by Crippen LogP contribution is -2.39. The first-order chi connectivity index (χ1) is 20.1. The molecule has 204 valence electrons. The van der Waals surface area contributed by atoms with Crippen LogP contribution in [0.15, 0.2) is 134 Å². The minimum atomic E-state index is -0.421. The van der Waals surface area contributed by atoms with Crippen molar-refractivity contribution in [3.63, 3.8) is 0 Å². The summed E-state index contributed by atoms with van der Waals surface area (Å²) >= 11 is 6.56. The lowest BCUT2D eigenvalue weighted by molar-refractivity contribution is 0.387. The van der Waals surface area contributed by atoms with Gasteiger partial charge in [-0.25, -0.2) is 0 Å². The highest BCUT2D eigenvalue weighted by Crippen LogP contribution is 2.53. The fourth-order valence-corrected chi connectivity index (χ4v) is 5.86. The first kappa shape index (κ1) is 28.1. The molecular weight excluding hydrogens is 522 g/mol. The van der Waals surface area contributed by atoms with E-state index in [2.05, 4.69) is 104 Å². The van der Waals surface area contributed by atoms with Gasteiger partial charge in [0.1, 0.15) is 11.5 Å². The number of halogens is 1. The summed E-state index contributed by atoms with van der Waals surface area (Å²) in [5, 5.41) is 4.46. The zero-order valence-electron chi connectivity index (χ0n) is 23.4. The molecule has 0 fully saturated rings. The Morgan fingerprint density at radius 3 is 1.98 bits per heavy atom. The maximum absolute atomic E-state index is 6.56. The molecular formula is C38H34ClNO.